The predicted molar refractivity (Wildman–Crippen MR) is 95.7 cm³/mol. The van der Waals surface area contributed by atoms with Gasteiger partial charge in [-0.25, -0.2) is 9.97 Å². The number of carbonyl (C=O) groups excluding carboxylic acids is 1. The molecular weight excluding hydrogens is 320 g/mol. The van der Waals surface area contributed by atoms with Crippen LogP contribution >= 0.6 is 11.3 Å². The first-order valence-corrected chi connectivity index (χ1v) is 9.02. The van der Waals surface area contributed by atoms with Gasteiger partial charge in [-0.15, -0.1) is 11.3 Å². The highest BCUT2D eigenvalue weighted by Gasteiger charge is 2.29. The molecule has 0 saturated carbocycles. The van der Waals surface area contributed by atoms with Gasteiger partial charge < -0.3 is 4.90 Å². The third kappa shape index (κ3) is 2.78. The summed E-state index contributed by atoms with van der Waals surface area (Å²) in [6.45, 7) is 3.54. The first-order valence-electron chi connectivity index (χ1n) is 8.14. The van der Waals surface area contributed by atoms with Gasteiger partial charge in [0.1, 0.15) is 22.2 Å². The Morgan fingerprint density at radius 3 is 3.04 bits per heavy atom. The number of carbonyl (C=O) groups is 1. The Kier molecular flexibility index (Phi) is 3.98. The largest absolute Gasteiger partial charge is 0.355 e. The Balaban J connectivity index is 1.63. The van der Waals surface area contributed by atoms with Crippen LogP contribution in [0.3, 0.4) is 0 Å². The third-order valence-corrected chi connectivity index (χ3v) is 5.23. The molecule has 1 fully saturated rings. The minimum Gasteiger partial charge on any atom is -0.355 e. The first kappa shape index (κ1) is 15.2. The molecule has 1 aliphatic rings. The molecule has 0 aliphatic carbocycles. The Hall–Kier alpha value is -2.34. The number of nitrogens with zero attached hydrogens (tertiary/aromatic N) is 4. The van der Waals surface area contributed by atoms with Crippen molar-refractivity contribution in [2.45, 2.75) is 19.8 Å². The molecular formula is C18H18N4OS. The molecule has 1 atom stereocenters. The van der Waals surface area contributed by atoms with E-state index in [0.29, 0.717) is 12.2 Å². The summed E-state index contributed by atoms with van der Waals surface area (Å²) in [7, 11) is 0. The van der Waals surface area contributed by atoms with Crippen molar-refractivity contribution in [3.8, 4) is 0 Å². The zero-order valence-corrected chi connectivity index (χ0v) is 14.3. The fourth-order valence-corrected chi connectivity index (χ4v) is 4.09. The van der Waals surface area contributed by atoms with Crippen molar-refractivity contribution in [3.05, 3.63) is 47.4 Å². The van der Waals surface area contributed by atoms with Gasteiger partial charge in [-0.05, 0) is 43.3 Å². The number of thiophene rings is 1. The van der Waals surface area contributed by atoms with Crippen molar-refractivity contribution in [1.82, 2.24) is 15.0 Å². The molecule has 0 unspecified atom stereocenters. The second-order valence-electron chi connectivity index (χ2n) is 6.10. The van der Waals surface area contributed by atoms with E-state index in [9.17, 15) is 4.79 Å². The van der Waals surface area contributed by atoms with Crippen LogP contribution < -0.4 is 4.90 Å². The van der Waals surface area contributed by atoms with Gasteiger partial charge in [0.05, 0.1) is 5.39 Å². The number of aromatic nitrogens is 3. The maximum Gasteiger partial charge on any atom is 0.185 e. The fourth-order valence-electron chi connectivity index (χ4n) is 3.29. The zero-order chi connectivity index (χ0) is 16.5. The highest BCUT2D eigenvalue weighted by atomic mass is 32.1. The molecule has 0 N–H and O–H groups in total. The van der Waals surface area contributed by atoms with Crippen molar-refractivity contribution in [2.75, 3.05) is 18.0 Å². The van der Waals surface area contributed by atoms with Gasteiger partial charge in [-0.2, -0.15) is 0 Å². The summed E-state index contributed by atoms with van der Waals surface area (Å²) >= 11 is 1.63. The average molecular weight is 338 g/mol. The van der Waals surface area contributed by atoms with Crippen LogP contribution in [0, 0.1) is 12.8 Å². The molecule has 0 amide bonds. The SMILES string of the molecule is Cc1nc(N2CCC[C@H](C(=O)c3ccccn3)C2)c2ccsc2n1. The van der Waals surface area contributed by atoms with Crippen LogP contribution in [0.4, 0.5) is 5.82 Å². The van der Waals surface area contributed by atoms with Gasteiger partial charge in [0.25, 0.3) is 0 Å². The predicted octanol–water partition coefficient (Wildman–Crippen LogP) is 3.49. The number of piperidine rings is 1. The van der Waals surface area contributed by atoms with Gasteiger partial charge in [-0.1, -0.05) is 6.07 Å². The van der Waals surface area contributed by atoms with E-state index in [-0.39, 0.29) is 11.7 Å². The van der Waals surface area contributed by atoms with Gasteiger partial charge >= 0.3 is 0 Å². The number of aryl methyl sites for hydroxylation is 1. The Morgan fingerprint density at radius 2 is 2.21 bits per heavy atom. The Labute approximate surface area is 144 Å². The minimum atomic E-state index is -0.0300. The third-order valence-electron chi connectivity index (χ3n) is 4.43. The lowest BCUT2D eigenvalue weighted by Crippen LogP contribution is -2.39. The zero-order valence-electron chi connectivity index (χ0n) is 13.5. The summed E-state index contributed by atoms with van der Waals surface area (Å²) in [5.41, 5.74) is 0.559. The summed E-state index contributed by atoms with van der Waals surface area (Å²) in [5.74, 6) is 1.83. The number of pyridine rings is 1. The van der Waals surface area contributed by atoms with Crippen LogP contribution in [0.25, 0.3) is 10.2 Å². The van der Waals surface area contributed by atoms with E-state index in [1.165, 1.54) is 0 Å². The molecule has 24 heavy (non-hydrogen) atoms. The van der Waals surface area contributed by atoms with Crippen molar-refractivity contribution in [1.29, 1.82) is 0 Å². The highest BCUT2D eigenvalue weighted by Crippen LogP contribution is 2.31. The lowest BCUT2D eigenvalue weighted by atomic mass is 9.92. The molecule has 122 valence electrons. The van der Waals surface area contributed by atoms with Gasteiger partial charge in [0.15, 0.2) is 5.78 Å². The van der Waals surface area contributed by atoms with E-state index in [2.05, 4.69) is 25.9 Å². The lowest BCUT2D eigenvalue weighted by molar-refractivity contribution is 0.0902. The number of ketones is 1. The van der Waals surface area contributed by atoms with Crippen LogP contribution in [0.1, 0.15) is 29.2 Å². The maximum absolute atomic E-state index is 12.7. The maximum atomic E-state index is 12.7. The summed E-state index contributed by atoms with van der Waals surface area (Å²) in [5, 5.41) is 3.12. The summed E-state index contributed by atoms with van der Waals surface area (Å²) in [6, 6.07) is 7.57. The number of hydrogen-bond donors (Lipinski definition) is 0. The van der Waals surface area contributed by atoms with Crippen LogP contribution in [-0.2, 0) is 0 Å². The number of rotatable bonds is 3. The standard InChI is InChI=1S/C18H18N4OS/c1-12-20-17(14-7-10-24-18(14)21-12)22-9-4-5-13(11-22)16(23)15-6-2-3-8-19-15/h2-3,6-8,10,13H,4-5,9,11H2,1H3/t13-/m0/s1. The van der Waals surface area contributed by atoms with Gasteiger partial charge in [-0.3, -0.25) is 9.78 Å². The molecule has 0 bridgehead atoms. The van der Waals surface area contributed by atoms with Gasteiger partial charge in [0, 0.05) is 25.2 Å². The smallest absolute Gasteiger partial charge is 0.185 e. The lowest BCUT2D eigenvalue weighted by Gasteiger charge is -2.33. The van der Waals surface area contributed by atoms with E-state index < -0.39 is 0 Å². The number of anilines is 1. The second kappa shape index (κ2) is 6.28. The molecule has 4 heterocycles. The molecule has 3 aromatic heterocycles. The molecule has 0 radical (unpaired) electrons. The van der Waals surface area contributed by atoms with E-state index in [4.69, 9.17) is 0 Å². The van der Waals surface area contributed by atoms with Crippen molar-refractivity contribution in [2.24, 2.45) is 5.92 Å². The molecule has 4 rings (SSSR count). The van der Waals surface area contributed by atoms with Crippen LogP contribution in [0.2, 0.25) is 0 Å². The van der Waals surface area contributed by atoms with Crippen LogP contribution in [0.5, 0.6) is 0 Å². The average Bonchev–Trinajstić information content (AvgIpc) is 3.09. The Bertz CT molecular complexity index is 877. The summed E-state index contributed by atoms with van der Waals surface area (Å²) in [4.78, 5) is 29.4. The molecule has 5 nitrogen and oxygen atoms in total. The fraction of sp³-hybridized carbons (Fsp3) is 0.333. The van der Waals surface area contributed by atoms with Crippen LogP contribution in [0.15, 0.2) is 35.8 Å². The van der Waals surface area contributed by atoms with Crippen molar-refractivity contribution in [3.63, 3.8) is 0 Å². The molecule has 6 heteroatoms. The van der Waals surface area contributed by atoms with E-state index in [1.54, 1.807) is 23.6 Å². The van der Waals surface area contributed by atoms with E-state index in [0.717, 1.165) is 41.2 Å². The minimum absolute atomic E-state index is 0.0300. The van der Waals surface area contributed by atoms with Crippen molar-refractivity contribution >= 4 is 33.2 Å². The number of Topliss-reactive ketones (excluding diaryl/α,β-unsaturated/α-hetero) is 1. The summed E-state index contributed by atoms with van der Waals surface area (Å²) in [6.07, 6.45) is 3.57. The molecule has 1 saturated heterocycles. The normalized spacial score (nSPS) is 18.0. The summed E-state index contributed by atoms with van der Waals surface area (Å²) < 4.78 is 0. The Morgan fingerprint density at radius 1 is 1.29 bits per heavy atom. The topological polar surface area (TPSA) is 59.0 Å². The highest BCUT2D eigenvalue weighted by molar-refractivity contribution is 7.16. The second-order valence-corrected chi connectivity index (χ2v) is 6.99. The first-order chi connectivity index (χ1) is 11.7. The van der Waals surface area contributed by atoms with Gasteiger partial charge in [0.2, 0.25) is 0 Å². The molecule has 0 aromatic carbocycles. The molecule has 1 aliphatic heterocycles. The quantitative estimate of drug-likeness (QED) is 0.684. The van der Waals surface area contributed by atoms with Crippen molar-refractivity contribution < 1.29 is 4.79 Å². The van der Waals surface area contributed by atoms with E-state index >= 15 is 0 Å². The monoisotopic (exact) mass is 338 g/mol. The van der Waals surface area contributed by atoms with Crippen LogP contribution in [-0.4, -0.2) is 33.8 Å². The number of hydrogen-bond acceptors (Lipinski definition) is 6. The van der Waals surface area contributed by atoms with E-state index in [1.807, 2.05) is 24.4 Å². The number of fused-ring (bicyclic) bond motifs is 1. The molecule has 3 aromatic rings. The molecule has 0 spiro atoms.